The van der Waals surface area contributed by atoms with Gasteiger partial charge in [0, 0.05) is 6.42 Å². The maximum absolute atomic E-state index is 12.5. The molecule has 2 unspecified atom stereocenters. The molecule has 0 bridgehead atoms. The van der Waals surface area contributed by atoms with Crippen LogP contribution in [0.3, 0.4) is 0 Å². The largest absolute Gasteiger partial charge is 0.394 e. The first-order valence-electron chi connectivity index (χ1n) is 28.9. The van der Waals surface area contributed by atoms with Crippen molar-refractivity contribution in [1.29, 1.82) is 0 Å². The van der Waals surface area contributed by atoms with Crippen LogP contribution in [0.1, 0.15) is 335 Å². The molecule has 0 aromatic carbocycles. The lowest BCUT2D eigenvalue weighted by Crippen LogP contribution is -2.45. The first-order valence-corrected chi connectivity index (χ1v) is 28.9. The first kappa shape index (κ1) is 61.1. The molecule has 0 aliphatic carbocycles. The average molecular weight is 875 g/mol. The standard InChI is InChI=1S/C58H115NO3/c1-3-5-7-9-11-13-15-17-19-21-23-25-27-29-30-32-34-36-38-40-42-44-46-48-50-52-54-58(62)59-56(55-60)57(61)53-51-49-47-45-43-41-39-37-35-33-31-28-26-24-22-20-18-16-14-12-10-8-6-4-2/h51,53,56-57,60-61H,3-50,52,54-55H2,1-2H3,(H,59,62)/b53-51+. The van der Waals surface area contributed by atoms with Crippen molar-refractivity contribution in [2.75, 3.05) is 6.61 Å². The van der Waals surface area contributed by atoms with Gasteiger partial charge < -0.3 is 15.5 Å². The number of aliphatic hydroxyl groups excluding tert-OH is 2. The van der Waals surface area contributed by atoms with Crippen LogP contribution in [0.15, 0.2) is 12.2 Å². The van der Waals surface area contributed by atoms with Crippen LogP contribution in [-0.4, -0.2) is 34.9 Å². The molecule has 0 aromatic heterocycles. The molecule has 0 spiro atoms. The lowest BCUT2D eigenvalue weighted by molar-refractivity contribution is -0.123. The van der Waals surface area contributed by atoms with E-state index < -0.39 is 12.1 Å². The van der Waals surface area contributed by atoms with E-state index in [-0.39, 0.29) is 12.5 Å². The average Bonchev–Trinajstić information content (AvgIpc) is 3.28. The van der Waals surface area contributed by atoms with E-state index in [0.29, 0.717) is 6.42 Å². The highest BCUT2D eigenvalue weighted by molar-refractivity contribution is 5.76. The van der Waals surface area contributed by atoms with Crippen LogP contribution in [0.5, 0.6) is 0 Å². The van der Waals surface area contributed by atoms with Crippen molar-refractivity contribution in [2.24, 2.45) is 0 Å². The van der Waals surface area contributed by atoms with E-state index >= 15 is 0 Å². The van der Waals surface area contributed by atoms with Crippen molar-refractivity contribution in [3.05, 3.63) is 12.2 Å². The fraction of sp³-hybridized carbons (Fsp3) is 0.948. The van der Waals surface area contributed by atoms with Gasteiger partial charge in [-0.05, 0) is 19.3 Å². The van der Waals surface area contributed by atoms with Crippen molar-refractivity contribution >= 4 is 5.91 Å². The lowest BCUT2D eigenvalue weighted by atomic mass is 10.0. The minimum atomic E-state index is -0.836. The normalized spacial score (nSPS) is 12.8. The zero-order valence-electron chi connectivity index (χ0n) is 42.7. The first-order chi connectivity index (χ1) is 30.7. The molecular weight excluding hydrogens is 759 g/mol. The summed E-state index contributed by atoms with van der Waals surface area (Å²) >= 11 is 0. The maximum Gasteiger partial charge on any atom is 0.220 e. The maximum atomic E-state index is 12.5. The second kappa shape index (κ2) is 54.5. The summed E-state index contributed by atoms with van der Waals surface area (Å²) in [6.07, 6.45) is 71.0. The summed E-state index contributed by atoms with van der Waals surface area (Å²) in [6.45, 7) is 4.36. The van der Waals surface area contributed by atoms with E-state index in [1.165, 1.54) is 289 Å². The Morgan fingerprint density at radius 3 is 0.839 bits per heavy atom. The van der Waals surface area contributed by atoms with E-state index in [1.54, 1.807) is 6.08 Å². The summed E-state index contributed by atoms with van der Waals surface area (Å²) in [5.74, 6) is -0.0552. The minimum Gasteiger partial charge on any atom is -0.394 e. The molecule has 4 nitrogen and oxygen atoms in total. The molecule has 0 aromatic rings. The van der Waals surface area contributed by atoms with Gasteiger partial charge in [0.25, 0.3) is 0 Å². The Labute approximate surface area is 390 Å². The summed E-state index contributed by atoms with van der Waals surface area (Å²) in [4.78, 5) is 12.5. The second-order valence-corrected chi connectivity index (χ2v) is 20.1. The topological polar surface area (TPSA) is 69.6 Å². The zero-order chi connectivity index (χ0) is 44.9. The monoisotopic (exact) mass is 874 g/mol. The van der Waals surface area contributed by atoms with Gasteiger partial charge >= 0.3 is 0 Å². The third-order valence-electron chi connectivity index (χ3n) is 13.8. The molecule has 0 saturated heterocycles. The van der Waals surface area contributed by atoms with Gasteiger partial charge in [-0.2, -0.15) is 0 Å². The van der Waals surface area contributed by atoms with Gasteiger partial charge in [0.2, 0.25) is 5.91 Å². The Kier molecular flexibility index (Phi) is 53.7. The molecule has 0 fully saturated rings. The van der Waals surface area contributed by atoms with Crippen molar-refractivity contribution < 1.29 is 15.0 Å². The van der Waals surface area contributed by atoms with Crippen molar-refractivity contribution in [1.82, 2.24) is 5.32 Å². The van der Waals surface area contributed by atoms with Crippen LogP contribution in [0.4, 0.5) is 0 Å². The van der Waals surface area contributed by atoms with E-state index in [1.807, 2.05) is 6.08 Å². The van der Waals surface area contributed by atoms with Gasteiger partial charge in [-0.3, -0.25) is 4.79 Å². The molecule has 2 atom stereocenters. The summed E-state index contributed by atoms with van der Waals surface area (Å²) in [5, 5.41) is 23.2. The van der Waals surface area contributed by atoms with Crippen LogP contribution in [0.25, 0.3) is 0 Å². The Balaban J connectivity index is 3.44. The fourth-order valence-electron chi connectivity index (χ4n) is 9.36. The molecule has 0 radical (unpaired) electrons. The zero-order valence-corrected chi connectivity index (χ0v) is 42.7. The van der Waals surface area contributed by atoms with E-state index in [4.69, 9.17) is 0 Å². The summed E-state index contributed by atoms with van der Waals surface area (Å²) in [5.41, 5.74) is 0. The number of carbonyl (C=O) groups excluding carboxylic acids is 1. The van der Waals surface area contributed by atoms with Gasteiger partial charge in [-0.1, -0.05) is 321 Å². The molecule has 0 rings (SSSR count). The van der Waals surface area contributed by atoms with E-state index in [2.05, 4.69) is 19.2 Å². The molecule has 0 aliphatic rings. The second-order valence-electron chi connectivity index (χ2n) is 20.1. The number of carbonyl (C=O) groups is 1. The van der Waals surface area contributed by atoms with Gasteiger partial charge in [0.05, 0.1) is 18.8 Å². The molecule has 370 valence electrons. The van der Waals surface area contributed by atoms with Crippen molar-refractivity contribution in [2.45, 2.75) is 347 Å². The molecular formula is C58H115NO3. The smallest absolute Gasteiger partial charge is 0.220 e. The van der Waals surface area contributed by atoms with Gasteiger partial charge in [-0.25, -0.2) is 0 Å². The minimum absolute atomic E-state index is 0.0552. The summed E-state index contributed by atoms with van der Waals surface area (Å²) in [6, 6.07) is -0.618. The predicted octanol–water partition coefficient (Wildman–Crippen LogP) is 18.9. The van der Waals surface area contributed by atoms with Crippen LogP contribution in [0, 0.1) is 0 Å². The quantitative estimate of drug-likeness (QED) is 0.0421. The number of allylic oxidation sites excluding steroid dienone is 1. The van der Waals surface area contributed by atoms with Crippen molar-refractivity contribution in [3.8, 4) is 0 Å². The van der Waals surface area contributed by atoms with Gasteiger partial charge in [0.1, 0.15) is 0 Å². The number of rotatable bonds is 54. The Morgan fingerprint density at radius 2 is 0.597 bits per heavy atom. The predicted molar refractivity (Wildman–Crippen MR) is 276 cm³/mol. The highest BCUT2D eigenvalue weighted by Gasteiger charge is 2.18. The summed E-state index contributed by atoms with van der Waals surface area (Å²) in [7, 11) is 0. The number of hydrogen-bond acceptors (Lipinski definition) is 3. The van der Waals surface area contributed by atoms with Crippen LogP contribution in [0.2, 0.25) is 0 Å². The van der Waals surface area contributed by atoms with Gasteiger partial charge in [0.15, 0.2) is 0 Å². The van der Waals surface area contributed by atoms with Crippen LogP contribution < -0.4 is 5.32 Å². The van der Waals surface area contributed by atoms with Gasteiger partial charge in [-0.15, -0.1) is 0 Å². The van der Waals surface area contributed by atoms with Crippen LogP contribution in [-0.2, 0) is 4.79 Å². The number of aliphatic hydroxyl groups is 2. The molecule has 1 amide bonds. The number of amides is 1. The molecule has 3 N–H and O–H groups in total. The fourth-order valence-corrected chi connectivity index (χ4v) is 9.36. The third-order valence-corrected chi connectivity index (χ3v) is 13.8. The Hall–Kier alpha value is -0.870. The molecule has 0 saturated carbocycles. The van der Waals surface area contributed by atoms with E-state index in [0.717, 1.165) is 25.7 Å². The molecule has 0 aliphatic heterocycles. The molecule has 0 heterocycles. The Morgan fingerprint density at radius 1 is 0.371 bits per heavy atom. The number of hydrogen-bond donors (Lipinski definition) is 3. The van der Waals surface area contributed by atoms with Crippen molar-refractivity contribution in [3.63, 3.8) is 0 Å². The summed E-state index contributed by atoms with van der Waals surface area (Å²) < 4.78 is 0. The highest BCUT2D eigenvalue weighted by Crippen LogP contribution is 2.18. The Bertz CT molecular complexity index is 860. The SMILES string of the molecule is CCCCCCCCCCCCCCCCCCCCCCCC/C=C/C(O)C(CO)NC(=O)CCCCCCCCCCCCCCCCCCCCCCCCCCCC. The number of nitrogens with one attached hydrogen (secondary N) is 1. The lowest BCUT2D eigenvalue weighted by Gasteiger charge is -2.20. The third kappa shape index (κ3) is 50.1. The number of unbranched alkanes of at least 4 members (excludes halogenated alkanes) is 47. The molecule has 62 heavy (non-hydrogen) atoms. The molecule has 4 heteroatoms. The highest BCUT2D eigenvalue weighted by atomic mass is 16.3. The van der Waals surface area contributed by atoms with Crippen LogP contribution >= 0.6 is 0 Å². The van der Waals surface area contributed by atoms with E-state index in [9.17, 15) is 15.0 Å².